The molecule has 0 spiro atoms. The number of esters is 1. The SMILES string of the molecule is COC(=O)c1cccc(N2CC(C(N)=O)CC2=O)n1. The summed E-state index contributed by atoms with van der Waals surface area (Å²) in [6, 6.07) is 4.68. The molecule has 19 heavy (non-hydrogen) atoms. The van der Waals surface area contributed by atoms with E-state index in [4.69, 9.17) is 5.73 Å². The van der Waals surface area contributed by atoms with Crippen molar-refractivity contribution in [2.45, 2.75) is 6.42 Å². The smallest absolute Gasteiger partial charge is 0.356 e. The molecule has 2 heterocycles. The van der Waals surface area contributed by atoms with Gasteiger partial charge in [0.1, 0.15) is 5.82 Å². The summed E-state index contributed by atoms with van der Waals surface area (Å²) >= 11 is 0. The summed E-state index contributed by atoms with van der Waals surface area (Å²) in [5, 5.41) is 0. The van der Waals surface area contributed by atoms with Gasteiger partial charge in [-0.3, -0.25) is 14.5 Å². The van der Waals surface area contributed by atoms with E-state index in [1.54, 1.807) is 12.1 Å². The van der Waals surface area contributed by atoms with E-state index in [-0.39, 0.29) is 24.6 Å². The van der Waals surface area contributed by atoms with Crippen LogP contribution in [-0.2, 0) is 14.3 Å². The van der Waals surface area contributed by atoms with Crippen LogP contribution >= 0.6 is 0 Å². The Morgan fingerprint density at radius 3 is 2.79 bits per heavy atom. The molecule has 0 radical (unpaired) electrons. The molecule has 100 valence electrons. The van der Waals surface area contributed by atoms with E-state index in [9.17, 15) is 14.4 Å². The summed E-state index contributed by atoms with van der Waals surface area (Å²) in [6.45, 7) is 0.186. The van der Waals surface area contributed by atoms with Crippen molar-refractivity contribution in [2.24, 2.45) is 11.7 Å². The summed E-state index contributed by atoms with van der Waals surface area (Å²) in [5.41, 5.74) is 5.29. The second-order valence-corrected chi connectivity index (χ2v) is 4.18. The van der Waals surface area contributed by atoms with Gasteiger partial charge in [-0.2, -0.15) is 0 Å². The Morgan fingerprint density at radius 1 is 1.47 bits per heavy atom. The number of aromatic nitrogens is 1. The number of nitrogens with two attached hydrogens (primary N) is 1. The van der Waals surface area contributed by atoms with Gasteiger partial charge < -0.3 is 10.5 Å². The number of amides is 2. The van der Waals surface area contributed by atoms with Crippen LogP contribution in [0, 0.1) is 5.92 Å². The number of ether oxygens (including phenoxy) is 1. The summed E-state index contributed by atoms with van der Waals surface area (Å²) in [5.74, 6) is -1.54. The number of primary amides is 1. The maximum absolute atomic E-state index is 11.8. The molecule has 1 unspecified atom stereocenters. The number of carbonyl (C=O) groups excluding carboxylic acids is 3. The second kappa shape index (κ2) is 5.05. The van der Waals surface area contributed by atoms with Gasteiger partial charge >= 0.3 is 5.97 Å². The maximum Gasteiger partial charge on any atom is 0.356 e. The van der Waals surface area contributed by atoms with Crippen molar-refractivity contribution in [3.63, 3.8) is 0 Å². The molecule has 1 aliphatic heterocycles. The van der Waals surface area contributed by atoms with Crippen molar-refractivity contribution in [2.75, 3.05) is 18.6 Å². The average molecular weight is 263 g/mol. The molecular weight excluding hydrogens is 250 g/mol. The van der Waals surface area contributed by atoms with Crippen LogP contribution in [-0.4, -0.2) is 36.4 Å². The average Bonchev–Trinajstić information content (AvgIpc) is 2.80. The lowest BCUT2D eigenvalue weighted by Gasteiger charge is -2.15. The number of anilines is 1. The number of carbonyl (C=O) groups is 3. The quantitative estimate of drug-likeness (QED) is 0.754. The van der Waals surface area contributed by atoms with E-state index in [0.717, 1.165) is 0 Å². The Balaban J connectivity index is 2.25. The van der Waals surface area contributed by atoms with E-state index in [1.807, 2.05) is 0 Å². The van der Waals surface area contributed by atoms with Crippen molar-refractivity contribution < 1.29 is 19.1 Å². The maximum atomic E-state index is 11.8. The topological polar surface area (TPSA) is 103 Å². The fraction of sp³-hybridized carbons (Fsp3) is 0.333. The lowest BCUT2D eigenvalue weighted by Crippen LogP contribution is -2.29. The zero-order chi connectivity index (χ0) is 14.0. The zero-order valence-electron chi connectivity index (χ0n) is 10.3. The van der Waals surface area contributed by atoms with Gasteiger partial charge in [0.05, 0.1) is 13.0 Å². The Bertz CT molecular complexity index is 544. The minimum atomic E-state index is -0.583. The summed E-state index contributed by atoms with van der Waals surface area (Å²) < 4.78 is 4.56. The van der Waals surface area contributed by atoms with Crippen LogP contribution in [0.1, 0.15) is 16.9 Å². The van der Waals surface area contributed by atoms with Crippen LogP contribution in [0.25, 0.3) is 0 Å². The summed E-state index contributed by atoms with van der Waals surface area (Å²) in [7, 11) is 1.25. The lowest BCUT2D eigenvalue weighted by molar-refractivity contribution is -0.123. The first kappa shape index (κ1) is 13.0. The molecule has 2 rings (SSSR count). The van der Waals surface area contributed by atoms with Gasteiger partial charge in [0.15, 0.2) is 5.69 Å². The van der Waals surface area contributed by atoms with Crippen LogP contribution in [0.3, 0.4) is 0 Å². The number of pyridine rings is 1. The van der Waals surface area contributed by atoms with Crippen LogP contribution in [0.5, 0.6) is 0 Å². The van der Waals surface area contributed by atoms with Gasteiger partial charge in [0.2, 0.25) is 11.8 Å². The molecule has 1 aromatic heterocycles. The first-order valence-electron chi connectivity index (χ1n) is 5.68. The van der Waals surface area contributed by atoms with Gasteiger partial charge in [0.25, 0.3) is 0 Å². The fourth-order valence-corrected chi connectivity index (χ4v) is 1.91. The number of methoxy groups -OCH3 is 1. The summed E-state index contributed by atoms with van der Waals surface area (Å²) in [6.07, 6.45) is 0.0689. The van der Waals surface area contributed by atoms with Crippen molar-refractivity contribution in [3.8, 4) is 0 Å². The number of nitrogens with zero attached hydrogens (tertiary/aromatic N) is 2. The largest absolute Gasteiger partial charge is 0.464 e. The molecule has 2 amide bonds. The molecule has 7 heteroatoms. The molecule has 0 bridgehead atoms. The highest BCUT2D eigenvalue weighted by atomic mass is 16.5. The van der Waals surface area contributed by atoms with Gasteiger partial charge in [-0.25, -0.2) is 9.78 Å². The highest BCUT2D eigenvalue weighted by molar-refractivity contribution is 5.99. The van der Waals surface area contributed by atoms with E-state index in [1.165, 1.54) is 18.1 Å². The van der Waals surface area contributed by atoms with E-state index in [0.29, 0.717) is 5.82 Å². The van der Waals surface area contributed by atoms with Crippen LogP contribution < -0.4 is 10.6 Å². The van der Waals surface area contributed by atoms with Crippen molar-refractivity contribution in [1.29, 1.82) is 0 Å². The van der Waals surface area contributed by atoms with E-state index in [2.05, 4.69) is 9.72 Å². The first-order chi connectivity index (χ1) is 9.02. The molecule has 1 aromatic rings. The molecular formula is C12H13N3O4. The Hall–Kier alpha value is -2.44. The van der Waals surface area contributed by atoms with Crippen molar-refractivity contribution in [1.82, 2.24) is 4.98 Å². The highest BCUT2D eigenvalue weighted by Crippen LogP contribution is 2.23. The predicted molar refractivity (Wildman–Crippen MR) is 65.2 cm³/mol. The third-order valence-electron chi connectivity index (χ3n) is 2.93. The normalized spacial score (nSPS) is 18.5. The molecule has 2 N–H and O–H groups in total. The molecule has 1 fully saturated rings. The number of hydrogen-bond acceptors (Lipinski definition) is 5. The number of hydrogen-bond donors (Lipinski definition) is 1. The Kier molecular flexibility index (Phi) is 3.46. The summed E-state index contributed by atoms with van der Waals surface area (Å²) in [4.78, 5) is 39.7. The molecule has 0 saturated carbocycles. The minimum Gasteiger partial charge on any atom is -0.464 e. The minimum absolute atomic E-state index is 0.0689. The van der Waals surface area contributed by atoms with Gasteiger partial charge in [0, 0.05) is 13.0 Å². The molecule has 1 saturated heterocycles. The van der Waals surface area contributed by atoms with Crippen LogP contribution in [0.2, 0.25) is 0 Å². The van der Waals surface area contributed by atoms with Gasteiger partial charge in [-0.05, 0) is 12.1 Å². The predicted octanol–water partition coefficient (Wildman–Crippen LogP) is -0.294. The van der Waals surface area contributed by atoms with Crippen LogP contribution in [0.4, 0.5) is 5.82 Å². The third-order valence-corrected chi connectivity index (χ3v) is 2.93. The van der Waals surface area contributed by atoms with Crippen molar-refractivity contribution in [3.05, 3.63) is 23.9 Å². The molecule has 0 aliphatic carbocycles. The standard InChI is InChI=1S/C12H13N3O4/c1-19-12(18)8-3-2-4-9(14-8)15-6-7(11(13)17)5-10(15)16/h2-4,7H,5-6H2,1H3,(H2,13,17). The molecule has 1 atom stereocenters. The van der Waals surface area contributed by atoms with E-state index >= 15 is 0 Å². The van der Waals surface area contributed by atoms with Crippen molar-refractivity contribution >= 4 is 23.6 Å². The zero-order valence-corrected chi connectivity index (χ0v) is 10.3. The van der Waals surface area contributed by atoms with Gasteiger partial charge in [-0.1, -0.05) is 6.07 Å². The molecule has 0 aromatic carbocycles. The van der Waals surface area contributed by atoms with Crippen LogP contribution in [0.15, 0.2) is 18.2 Å². The monoisotopic (exact) mass is 263 g/mol. The third kappa shape index (κ3) is 2.54. The lowest BCUT2D eigenvalue weighted by atomic mass is 10.1. The Labute approximate surface area is 109 Å². The van der Waals surface area contributed by atoms with E-state index < -0.39 is 17.8 Å². The first-order valence-corrected chi connectivity index (χ1v) is 5.68. The number of rotatable bonds is 3. The molecule has 7 nitrogen and oxygen atoms in total. The van der Waals surface area contributed by atoms with Gasteiger partial charge in [-0.15, -0.1) is 0 Å². The fourth-order valence-electron chi connectivity index (χ4n) is 1.91. The second-order valence-electron chi connectivity index (χ2n) is 4.18. The highest BCUT2D eigenvalue weighted by Gasteiger charge is 2.34. The Morgan fingerprint density at radius 2 is 2.21 bits per heavy atom. The molecule has 1 aliphatic rings.